The first-order valence-electron chi connectivity index (χ1n) is 12.3. The van der Waals surface area contributed by atoms with E-state index >= 15 is 0 Å². The maximum atomic E-state index is 12.9. The van der Waals surface area contributed by atoms with Crippen molar-refractivity contribution in [1.29, 1.82) is 0 Å². The van der Waals surface area contributed by atoms with Crippen molar-refractivity contribution in [1.82, 2.24) is 19.9 Å². The summed E-state index contributed by atoms with van der Waals surface area (Å²) in [5.41, 5.74) is 2.87. The minimum Gasteiger partial charge on any atom is -0.369 e. The molecule has 0 amide bonds. The molecule has 3 unspecified atom stereocenters. The molecule has 1 aliphatic carbocycles. The van der Waals surface area contributed by atoms with E-state index in [1.807, 2.05) is 10.6 Å². The van der Waals surface area contributed by atoms with Gasteiger partial charge < -0.3 is 15.5 Å². The lowest BCUT2D eigenvalue weighted by Crippen LogP contribution is -2.43. The molecule has 1 aliphatic heterocycles. The van der Waals surface area contributed by atoms with Crippen molar-refractivity contribution in [3.63, 3.8) is 0 Å². The van der Waals surface area contributed by atoms with Gasteiger partial charge in [0.1, 0.15) is 5.65 Å². The quantitative estimate of drug-likeness (QED) is 0.587. The largest absolute Gasteiger partial charge is 0.369 e. The van der Waals surface area contributed by atoms with Crippen LogP contribution in [0.1, 0.15) is 45.6 Å². The number of benzene rings is 1. The van der Waals surface area contributed by atoms with Crippen LogP contribution < -0.4 is 21.1 Å². The Balaban J connectivity index is 1.38. The number of piperazine rings is 1. The fourth-order valence-electron chi connectivity index (χ4n) is 5.45. The van der Waals surface area contributed by atoms with E-state index in [1.165, 1.54) is 24.9 Å². The molecule has 7 nitrogen and oxygen atoms in total. The lowest BCUT2D eigenvalue weighted by Gasteiger charge is -2.29. The van der Waals surface area contributed by atoms with Crippen LogP contribution in [-0.4, -0.2) is 40.7 Å². The molecule has 5 rings (SSSR count). The molecule has 1 saturated carbocycles. The fraction of sp³-hybridized carbons (Fsp3) is 0.500. The molecular weight excluding hydrogens is 412 g/mol. The molecule has 174 valence electrons. The zero-order valence-corrected chi connectivity index (χ0v) is 19.6. The highest BCUT2D eigenvalue weighted by Crippen LogP contribution is 2.37. The van der Waals surface area contributed by atoms with Crippen LogP contribution in [0.2, 0.25) is 0 Å². The van der Waals surface area contributed by atoms with Crippen molar-refractivity contribution in [3.8, 4) is 0 Å². The normalized spacial score (nSPS) is 21.9. The molecule has 0 spiro atoms. The van der Waals surface area contributed by atoms with E-state index in [4.69, 9.17) is 4.98 Å². The first-order valence-corrected chi connectivity index (χ1v) is 12.3. The number of aromatic nitrogens is 3. The van der Waals surface area contributed by atoms with E-state index in [0.29, 0.717) is 17.5 Å². The van der Waals surface area contributed by atoms with Crippen molar-refractivity contribution in [3.05, 3.63) is 52.9 Å². The predicted molar refractivity (Wildman–Crippen MR) is 134 cm³/mol. The van der Waals surface area contributed by atoms with Crippen molar-refractivity contribution in [2.24, 2.45) is 11.8 Å². The van der Waals surface area contributed by atoms with Crippen LogP contribution in [0.4, 0.5) is 17.3 Å². The van der Waals surface area contributed by atoms with Gasteiger partial charge in [-0.2, -0.15) is 4.98 Å². The topological polar surface area (TPSA) is 75.1 Å². The fourth-order valence-corrected chi connectivity index (χ4v) is 5.45. The Kier molecular flexibility index (Phi) is 6.31. The van der Waals surface area contributed by atoms with E-state index < -0.39 is 0 Å². The van der Waals surface area contributed by atoms with Crippen LogP contribution in [0.15, 0.2) is 47.4 Å². The van der Waals surface area contributed by atoms with E-state index in [9.17, 15) is 4.79 Å². The van der Waals surface area contributed by atoms with Crippen LogP contribution in [-0.2, 0) is 0 Å². The summed E-state index contributed by atoms with van der Waals surface area (Å²) in [6.07, 6.45) is 6.68. The van der Waals surface area contributed by atoms with Crippen LogP contribution in [0.5, 0.6) is 0 Å². The lowest BCUT2D eigenvalue weighted by atomic mass is 9.91. The first kappa shape index (κ1) is 21.9. The molecule has 1 saturated heterocycles. The van der Waals surface area contributed by atoms with Crippen LogP contribution >= 0.6 is 0 Å². The Bertz CT molecular complexity index is 1150. The summed E-state index contributed by atoms with van der Waals surface area (Å²) in [5.74, 6) is 1.92. The van der Waals surface area contributed by atoms with Crippen LogP contribution in [0, 0.1) is 11.8 Å². The SMILES string of the molecule is CC1CCCC1CC(C)n1c(=O)ccc2cnc(Nc3ccc(N4CCNCC4)cc3)nc21. The average Bonchev–Trinajstić information content (AvgIpc) is 3.24. The summed E-state index contributed by atoms with van der Waals surface area (Å²) in [4.78, 5) is 24.5. The van der Waals surface area contributed by atoms with Crippen LogP contribution in [0.3, 0.4) is 0 Å². The van der Waals surface area contributed by atoms with Gasteiger partial charge in [0.2, 0.25) is 5.95 Å². The zero-order valence-electron chi connectivity index (χ0n) is 19.6. The number of hydrogen-bond donors (Lipinski definition) is 2. The molecule has 2 aromatic heterocycles. The van der Waals surface area contributed by atoms with Gasteiger partial charge in [-0.25, -0.2) is 4.98 Å². The predicted octanol–water partition coefficient (Wildman–Crippen LogP) is 4.33. The standard InChI is InChI=1S/C26H34N6O/c1-18-4-3-5-20(18)16-19(2)32-24(33)11-6-21-17-28-26(30-25(21)32)29-22-7-9-23(10-8-22)31-14-12-27-13-15-31/h6-11,17-20,27H,3-5,12-16H2,1-2H3,(H,28,29,30). The summed E-state index contributed by atoms with van der Waals surface area (Å²) >= 11 is 0. The molecule has 33 heavy (non-hydrogen) atoms. The second kappa shape index (κ2) is 9.51. The van der Waals surface area contributed by atoms with E-state index in [0.717, 1.165) is 49.6 Å². The third kappa shape index (κ3) is 4.74. The second-order valence-electron chi connectivity index (χ2n) is 9.68. The number of nitrogens with one attached hydrogen (secondary N) is 2. The Morgan fingerprint density at radius 3 is 2.64 bits per heavy atom. The molecule has 0 bridgehead atoms. The van der Waals surface area contributed by atoms with Gasteiger partial charge in [0.05, 0.1) is 0 Å². The van der Waals surface area contributed by atoms with Gasteiger partial charge in [0, 0.05) is 61.2 Å². The minimum absolute atomic E-state index is 0.00525. The maximum Gasteiger partial charge on any atom is 0.252 e. The average molecular weight is 447 g/mol. The van der Waals surface area contributed by atoms with E-state index in [2.05, 4.69) is 58.6 Å². The minimum atomic E-state index is 0.00525. The number of hydrogen-bond acceptors (Lipinski definition) is 6. The number of pyridine rings is 1. The Labute approximate surface area is 195 Å². The smallest absolute Gasteiger partial charge is 0.252 e. The summed E-state index contributed by atoms with van der Waals surface area (Å²) in [7, 11) is 0. The Morgan fingerprint density at radius 2 is 1.91 bits per heavy atom. The summed E-state index contributed by atoms with van der Waals surface area (Å²) in [6.45, 7) is 8.57. The first-order chi connectivity index (χ1) is 16.1. The molecule has 3 heterocycles. The second-order valence-corrected chi connectivity index (χ2v) is 9.68. The molecule has 1 aromatic carbocycles. The molecule has 3 aromatic rings. The van der Waals surface area contributed by atoms with Gasteiger partial charge in [-0.3, -0.25) is 9.36 Å². The summed E-state index contributed by atoms with van der Waals surface area (Å²) in [5, 5.41) is 7.60. The zero-order chi connectivity index (χ0) is 22.8. The summed E-state index contributed by atoms with van der Waals surface area (Å²) in [6, 6.07) is 12.0. The lowest BCUT2D eigenvalue weighted by molar-refractivity contribution is 0.328. The highest BCUT2D eigenvalue weighted by Gasteiger charge is 2.26. The van der Waals surface area contributed by atoms with E-state index in [1.54, 1.807) is 12.3 Å². The van der Waals surface area contributed by atoms with Crippen molar-refractivity contribution >= 4 is 28.4 Å². The molecule has 0 radical (unpaired) electrons. The monoisotopic (exact) mass is 446 g/mol. The van der Waals surface area contributed by atoms with Crippen molar-refractivity contribution < 1.29 is 0 Å². The molecule has 7 heteroatoms. The molecule has 2 fully saturated rings. The third-order valence-corrected chi connectivity index (χ3v) is 7.40. The number of nitrogens with zero attached hydrogens (tertiary/aromatic N) is 4. The van der Waals surface area contributed by atoms with Crippen LogP contribution in [0.25, 0.3) is 11.0 Å². The number of fused-ring (bicyclic) bond motifs is 1. The van der Waals surface area contributed by atoms with E-state index in [-0.39, 0.29) is 11.6 Å². The maximum absolute atomic E-state index is 12.9. The highest BCUT2D eigenvalue weighted by atomic mass is 16.1. The molecule has 2 aliphatic rings. The van der Waals surface area contributed by atoms with Gasteiger partial charge in [-0.15, -0.1) is 0 Å². The third-order valence-electron chi connectivity index (χ3n) is 7.40. The van der Waals surface area contributed by atoms with Gasteiger partial charge in [0.25, 0.3) is 5.56 Å². The molecule has 2 N–H and O–H groups in total. The van der Waals surface area contributed by atoms with Gasteiger partial charge >= 0.3 is 0 Å². The summed E-state index contributed by atoms with van der Waals surface area (Å²) < 4.78 is 1.86. The Morgan fingerprint density at radius 1 is 1.12 bits per heavy atom. The Hall–Kier alpha value is -2.93. The van der Waals surface area contributed by atoms with Crippen molar-refractivity contribution in [2.45, 2.75) is 45.6 Å². The van der Waals surface area contributed by atoms with Crippen molar-refractivity contribution in [2.75, 3.05) is 36.4 Å². The molecular formula is C26H34N6O. The van der Waals surface area contributed by atoms with Gasteiger partial charge in [-0.1, -0.05) is 26.2 Å². The number of rotatable bonds is 6. The molecule has 3 atom stereocenters. The highest BCUT2D eigenvalue weighted by molar-refractivity contribution is 5.76. The van der Waals surface area contributed by atoms with Gasteiger partial charge in [-0.05, 0) is 55.5 Å². The number of anilines is 3. The van der Waals surface area contributed by atoms with Gasteiger partial charge in [0.15, 0.2) is 0 Å².